The van der Waals surface area contributed by atoms with Crippen molar-refractivity contribution in [3.05, 3.63) is 61.4 Å². The van der Waals surface area contributed by atoms with E-state index < -0.39 is 5.69 Å². The lowest BCUT2D eigenvalue weighted by atomic mass is 9.85. The van der Waals surface area contributed by atoms with E-state index in [1.165, 1.54) is 4.57 Å². The predicted octanol–water partition coefficient (Wildman–Crippen LogP) is 3.04. The molecule has 21 heavy (non-hydrogen) atoms. The molecule has 0 saturated heterocycles. The molecule has 0 atom stereocenters. The largest absolute Gasteiger partial charge is 0.334 e. The van der Waals surface area contributed by atoms with Crippen LogP contribution in [0.25, 0.3) is 5.69 Å². The van der Waals surface area contributed by atoms with E-state index >= 15 is 0 Å². The molecule has 0 radical (unpaired) electrons. The van der Waals surface area contributed by atoms with Crippen molar-refractivity contribution in [2.24, 2.45) is 0 Å². The van der Waals surface area contributed by atoms with Crippen LogP contribution in [0.5, 0.6) is 0 Å². The van der Waals surface area contributed by atoms with Gasteiger partial charge in [-0.2, -0.15) is 0 Å². The first-order chi connectivity index (χ1) is 9.77. The molecule has 0 saturated carbocycles. The standard InChI is InChI=1S/C16H19ClN2O2/c1-5-10-13(17)18-15(21)19(14(10)20)12-9-7-6-8-11(12)16(2,3)4/h6-9H,5H2,1-4H3,(H,18,21). The van der Waals surface area contributed by atoms with Gasteiger partial charge in [0.25, 0.3) is 5.56 Å². The first kappa shape index (κ1) is 15.6. The van der Waals surface area contributed by atoms with E-state index in [9.17, 15) is 9.59 Å². The van der Waals surface area contributed by atoms with Crippen LogP contribution in [0.15, 0.2) is 33.9 Å². The van der Waals surface area contributed by atoms with E-state index in [1.807, 2.05) is 45.9 Å². The van der Waals surface area contributed by atoms with Crippen LogP contribution in [-0.2, 0) is 11.8 Å². The number of nitrogens with one attached hydrogen (secondary N) is 1. The van der Waals surface area contributed by atoms with E-state index in [0.29, 0.717) is 17.7 Å². The Bertz CT molecular complexity index is 782. The topological polar surface area (TPSA) is 54.9 Å². The first-order valence-electron chi connectivity index (χ1n) is 6.91. The van der Waals surface area contributed by atoms with Crippen molar-refractivity contribution in [2.75, 3.05) is 0 Å². The smallest absolute Gasteiger partial charge is 0.297 e. The fraction of sp³-hybridized carbons (Fsp3) is 0.375. The molecule has 112 valence electrons. The number of aromatic nitrogens is 2. The van der Waals surface area contributed by atoms with E-state index in [4.69, 9.17) is 11.6 Å². The van der Waals surface area contributed by atoms with E-state index in [1.54, 1.807) is 6.07 Å². The number of aromatic amines is 1. The molecule has 0 bridgehead atoms. The maximum atomic E-state index is 12.6. The number of halogens is 1. The summed E-state index contributed by atoms with van der Waals surface area (Å²) in [6.07, 6.45) is 0.464. The summed E-state index contributed by atoms with van der Waals surface area (Å²) in [7, 11) is 0. The fourth-order valence-corrected chi connectivity index (χ4v) is 2.67. The Labute approximate surface area is 128 Å². The molecule has 0 aliphatic heterocycles. The van der Waals surface area contributed by atoms with Gasteiger partial charge in [0.05, 0.1) is 11.3 Å². The van der Waals surface area contributed by atoms with Gasteiger partial charge in [-0.3, -0.25) is 9.78 Å². The highest BCUT2D eigenvalue weighted by Gasteiger charge is 2.21. The molecule has 0 fully saturated rings. The van der Waals surface area contributed by atoms with Gasteiger partial charge in [0, 0.05) is 0 Å². The monoisotopic (exact) mass is 306 g/mol. The summed E-state index contributed by atoms with van der Waals surface area (Å²) in [6.45, 7) is 7.96. The zero-order valence-corrected chi connectivity index (χ0v) is 13.4. The number of hydrogen-bond donors (Lipinski definition) is 1. The van der Waals surface area contributed by atoms with E-state index in [2.05, 4.69) is 4.98 Å². The van der Waals surface area contributed by atoms with Crippen molar-refractivity contribution >= 4 is 11.6 Å². The van der Waals surface area contributed by atoms with Gasteiger partial charge in [-0.25, -0.2) is 9.36 Å². The van der Waals surface area contributed by atoms with E-state index in [-0.39, 0.29) is 16.1 Å². The van der Waals surface area contributed by atoms with Gasteiger partial charge in [-0.1, -0.05) is 57.5 Å². The summed E-state index contributed by atoms with van der Waals surface area (Å²) in [5.41, 5.74) is 0.889. The third kappa shape index (κ3) is 2.81. The van der Waals surface area contributed by atoms with Gasteiger partial charge in [-0.05, 0) is 23.5 Å². The highest BCUT2D eigenvalue weighted by Crippen LogP contribution is 2.27. The third-order valence-electron chi connectivity index (χ3n) is 3.45. The minimum atomic E-state index is -0.515. The minimum absolute atomic E-state index is 0.122. The lowest BCUT2D eigenvalue weighted by Crippen LogP contribution is -2.37. The van der Waals surface area contributed by atoms with Crippen molar-refractivity contribution in [3.63, 3.8) is 0 Å². The maximum Gasteiger partial charge on any atom is 0.334 e. The molecule has 1 aromatic heterocycles. The van der Waals surface area contributed by atoms with Gasteiger partial charge in [0.2, 0.25) is 0 Å². The van der Waals surface area contributed by atoms with E-state index in [0.717, 1.165) is 5.56 Å². The Kier molecular flexibility index (Phi) is 4.10. The number of benzene rings is 1. The van der Waals surface area contributed by atoms with Crippen LogP contribution in [-0.4, -0.2) is 9.55 Å². The Morgan fingerprint density at radius 1 is 1.19 bits per heavy atom. The Morgan fingerprint density at radius 2 is 1.81 bits per heavy atom. The summed E-state index contributed by atoms with van der Waals surface area (Å²) in [4.78, 5) is 27.4. The fourth-order valence-electron chi connectivity index (χ4n) is 2.37. The molecule has 1 heterocycles. The first-order valence-corrected chi connectivity index (χ1v) is 7.28. The lowest BCUT2D eigenvalue weighted by molar-refractivity contribution is 0.583. The molecule has 2 aromatic rings. The molecule has 1 N–H and O–H groups in total. The van der Waals surface area contributed by atoms with Crippen molar-refractivity contribution < 1.29 is 0 Å². The summed E-state index contributed by atoms with van der Waals surface area (Å²) in [6, 6.07) is 7.43. The zero-order chi connectivity index (χ0) is 15.8. The lowest BCUT2D eigenvalue weighted by Gasteiger charge is -2.23. The molecule has 4 nitrogen and oxygen atoms in total. The molecule has 0 amide bonds. The van der Waals surface area contributed by atoms with Crippen LogP contribution in [0.2, 0.25) is 5.15 Å². The van der Waals surface area contributed by atoms with Crippen LogP contribution in [0.3, 0.4) is 0 Å². The Balaban J connectivity index is 2.87. The average Bonchev–Trinajstić information content (AvgIpc) is 2.38. The number of hydrogen-bond acceptors (Lipinski definition) is 2. The third-order valence-corrected chi connectivity index (χ3v) is 3.78. The summed E-state index contributed by atoms with van der Waals surface area (Å²) in [5.74, 6) is 0. The second kappa shape index (κ2) is 5.53. The number of rotatable bonds is 2. The molecule has 1 aromatic carbocycles. The molecule has 0 aliphatic rings. The predicted molar refractivity (Wildman–Crippen MR) is 85.7 cm³/mol. The molecule has 0 spiro atoms. The summed E-state index contributed by atoms with van der Waals surface area (Å²) < 4.78 is 1.17. The van der Waals surface area contributed by atoms with Gasteiger partial charge < -0.3 is 0 Å². The molecular weight excluding hydrogens is 288 g/mol. The molecule has 5 heteroatoms. The zero-order valence-electron chi connectivity index (χ0n) is 12.7. The SMILES string of the molecule is CCc1c(Cl)[nH]c(=O)n(-c2ccccc2C(C)(C)C)c1=O. The van der Waals surface area contributed by atoms with Crippen LogP contribution >= 0.6 is 11.6 Å². The van der Waals surface area contributed by atoms with Crippen LogP contribution in [0, 0.1) is 0 Å². The average molecular weight is 307 g/mol. The second-order valence-electron chi connectivity index (χ2n) is 5.98. The van der Waals surface area contributed by atoms with Crippen molar-refractivity contribution in [2.45, 2.75) is 39.5 Å². The highest BCUT2D eigenvalue weighted by atomic mass is 35.5. The molecule has 2 rings (SSSR count). The summed E-state index contributed by atoms with van der Waals surface area (Å²) in [5, 5.41) is 0.122. The summed E-state index contributed by atoms with van der Waals surface area (Å²) >= 11 is 5.96. The number of nitrogens with zero attached hydrogens (tertiary/aromatic N) is 1. The van der Waals surface area contributed by atoms with Crippen LogP contribution in [0.1, 0.15) is 38.8 Å². The van der Waals surface area contributed by atoms with Crippen molar-refractivity contribution in [3.8, 4) is 5.69 Å². The van der Waals surface area contributed by atoms with Gasteiger partial charge in [-0.15, -0.1) is 0 Å². The quantitative estimate of drug-likeness (QED) is 0.867. The van der Waals surface area contributed by atoms with Crippen LogP contribution in [0.4, 0.5) is 0 Å². The van der Waals surface area contributed by atoms with Crippen molar-refractivity contribution in [1.29, 1.82) is 0 Å². The second-order valence-corrected chi connectivity index (χ2v) is 6.36. The van der Waals surface area contributed by atoms with Gasteiger partial charge in [0.1, 0.15) is 5.15 Å². The minimum Gasteiger partial charge on any atom is -0.297 e. The Hall–Kier alpha value is -1.81. The van der Waals surface area contributed by atoms with Gasteiger partial charge in [0.15, 0.2) is 0 Å². The Morgan fingerprint density at radius 3 is 2.38 bits per heavy atom. The number of para-hydroxylation sites is 1. The van der Waals surface area contributed by atoms with Crippen molar-refractivity contribution in [1.82, 2.24) is 9.55 Å². The molecule has 0 aliphatic carbocycles. The van der Waals surface area contributed by atoms with Gasteiger partial charge >= 0.3 is 5.69 Å². The molecular formula is C16H19ClN2O2. The van der Waals surface area contributed by atoms with Crippen LogP contribution < -0.4 is 11.2 Å². The molecule has 0 unspecified atom stereocenters. The normalized spacial score (nSPS) is 11.7. The number of H-pyrrole nitrogens is 1. The highest BCUT2D eigenvalue weighted by molar-refractivity contribution is 6.30. The maximum absolute atomic E-state index is 12.6.